The molecule has 1 aromatic carbocycles. The number of phenols is 1. The summed E-state index contributed by atoms with van der Waals surface area (Å²) in [5.41, 5.74) is 6.39. The molecule has 6 heteroatoms. The van der Waals surface area contributed by atoms with Crippen molar-refractivity contribution >= 4 is 5.84 Å². The van der Waals surface area contributed by atoms with Crippen LogP contribution in [0.2, 0.25) is 0 Å². The van der Waals surface area contributed by atoms with Gasteiger partial charge in [-0.05, 0) is 17.7 Å². The topological polar surface area (TPSA) is 96.7 Å². The van der Waals surface area contributed by atoms with Gasteiger partial charge in [-0.2, -0.15) is 0 Å². The summed E-state index contributed by atoms with van der Waals surface area (Å²) in [6, 6.07) is 6.87. The summed E-state index contributed by atoms with van der Waals surface area (Å²) < 4.78 is 1.73. The Balaban J connectivity index is 2.28. The van der Waals surface area contributed by atoms with Crippen LogP contribution in [0.25, 0.3) is 0 Å². The summed E-state index contributed by atoms with van der Waals surface area (Å²) in [6.45, 7) is 0.486. The molecule has 0 bridgehead atoms. The van der Waals surface area contributed by atoms with E-state index >= 15 is 0 Å². The van der Waals surface area contributed by atoms with Gasteiger partial charge in [0.25, 0.3) is 0 Å². The van der Waals surface area contributed by atoms with Gasteiger partial charge in [-0.3, -0.25) is 0 Å². The first kappa shape index (κ1) is 11.0. The predicted octanol–water partition coefficient (Wildman–Crippen LogP) is 0.731. The van der Waals surface area contributed by atoms with Crippen LogP contribution in [0.15, 0.2) is 41.8 Å². The maximum absolute atomic E-state index is 9.35. The molecule has 0 amide bonds. The van der Waals surface area contributed by atoms with Crippen LogP contribution in [-0.2, 0) is 6.54 Å². The Morgan fingerprint density at radius 2 is 2.29 bits per heavy atom. The lowest BCUT2D eigenvalue weighted by atomic mass is 10.2. The lowest BCUT2D eigenvalue weighted by Gasteiger charge is -2.06. The molecule has 1 heterocycles. The van der Waals surface area contributed by atoms with Crippen molar-refractivity contribution in [2.24, 2.45) is 10.9 Å². The van der Waals surface area contributed by atoms with Crippen LogP contribution in [0.1, 0.15) is 11.4 Å². The monoisotopic (exact) mass is 232 g/mol. The fourth-order valence-electron chi connectivity index (χ4n) is 1.57. The Kier molecular flexibility index (Phi) is 2.95. The Morgan fingerprint density at radius 1 is 1.47 bits per heavy atom. The van der Waals surface area contributed by atoms with Crippen molar-refractivity contribution in [1.29, 1.82) is 0 Å². The second kappa shape index (κ2) is 4.56. The molecule has 2 rings (SSSR count). The van der Waals surface area contributed by atoms with Crippen LogP contribution in [0.3, 0.4) is 0 Å². The molecule has 2 aromatic rings. The Morgan fingerprint density at radius 3 is 3.00 bits per heavy atom. The number of imidazole rings is 1. The number of phenolic OH excluding ortho intramolecular Hbond substituents is 1. The van der Waals surface area contributed by atoms with E-state index < -0.39 is 0 Å². The molecule has 0 aliphatic heterocycles. The van der Waals surface area contributed by atoms with E-state index in [1.807, 2.05) is 6.07 Å². The van der Waals surface area contributed by atoms with Crippen LogP contribution < -0.4 is 5.73 Å². The van der Waals surface area contributed by atoms with Crippen LogP contribution in [0.4, 0.5) is 0 Å². The maximum Gasteiger partial charge on any atom is 0.206 e. The van der Waals surface area contributed by atoms with Crippen molar-refractivity contribution in [3.05, 3.63) is 48.0 Å². The number of nitrogens with zero attached hydrogens (tertiary/aromatic N) is 3. The predicted molar refractivity (Wildman–Crippen MR) is 61.9 cm³/mol. The number of hydrogen-bond acceptors (Lipinski definition) is 4. The van der Waals surface area contributed by atoms with E-state index in [-0.39, 0.29) is 11.6 Å². The molecule has 0 atom stereocenters. The first-order valence-corrected chi connectivity index (χ1v) is 4.97. The minimum atomic E-state index is -0.0462. The van der Waals surface area contributed by atoms with E-state index in [2.05, 4.69) is 10.1 Å². The number of benzene rings is 1. The van der Waals surface area contributed by atoms with Crippen molar-refractivity contribution < 1.29 is 10.3 Å². The van der Waals surface area contributed by atoms with Gasteiger partial charge in [-0.1, -0.05) is 17.3 Å². The van der Waals surface area contributed by atoms with Gasteiger partial charge < -0.3 is 20.6 Å². The molecule has 0 unspecified atom stereocenters. The lowest BCUT2D eigenvalue weighted by molar-refractivity contribution is 0.318. The molecule has 0 radical (unpaired) electrons. The summed E-state index contributed by atoms with van der Waals surface area (Å²) >= 11 is 0. The number of nitrogens with two attached hydrogens (primary N) is 1. The summed E-state index contributed by atoms with van der Waals surface area (Å²) in [5.74, 6) is 0.541. The first-order chi connectivity index (χ1) is 8.20. The van der Waals surface area contributed by atoms with E-state index in [9.17, 15) is 5.11 Å². The second-order valence-electron chi connectivity index (χ2n) is 3.53. The van der Waals surface area contributed by atoms with Crippen LogP contribution in [0, 0.1) is 0 Å². The fourth-order valence-corrected chi connectivity index (χ4v) is 1.57. The third kappa shape index (κ3) is 2.36. The summed E-state index contributed by atoms with van der Waals surface area (Å²) in [4.78, 5) is 3.99. The van der Waals surface area contributed by atoms with Gasteiger partial charge >= 0.3 is 0 Å². The van der Waals surface area contributed by atoms with Gasteiger partial charge in [0, 0.05) is 18.9 Å². The van der Waals surface area contributed by atoms with Crippen molar-refractivity contribution in [3.63, 3.8) is 0 Å². The highest BCUT2D eigenvalue weighted by Gasteiger charge is 2.08. The molecular weight excluding hydrogens is 220 g/mol. The molecular formula is C11H12N4O2. The summed E-state index contributed by atoms with van der Waals surface area (Å²) in [7, 11) is 0. The van der Waals surface area contributed by atoms with E-state index in [1.54, 1.807) is 35.2 Å². The van der Waals surface area contributed by atoms with Gasteiger partial charge in [-0.25, -0.2) is 4.98 Å². The SMILES string of the molecule is NC(=NO)c1nccn1Cc1cccc(O)c1. The van der Waals surface area contributed by atoms with E-state index in [1.165, 1.54) is 0 Å². The molecule has 4 N–H and O–H groups in total. The highest BCUT2D eigenvalue weighted by molar-refractivity contribution is 5.93. The smallest absolute Gasteiger partial charge is 0.206 e. The van der Waals surface area contributed by atoms with Crippen molar-refractivity contribution in [1.82, 2.24) is 9.55 Å². The van der Waals surface area contributed by atoms with Gasteiger partial charge in [-0.15, -0.1) is 0 Å². The quantitative estimate of drug-likeness (QED) is 0.314. The Labute approximate surface area is 97.6 Å². The van der Waals surface area contributed by atoms with Gasteiger partial charge in [0.15, 0.2) is 5.82 Å². The molecule has 1 aromatic heterocycles. The molecule has 0 saturated carbocycles. The largest absolute Gasteiger partial charge is 0.508 e. The average Bonchev–Trinajstić information content (AvgIpc) is 2.76. The second-order valence-corrected chi connectivity index (χ2v) is 3.53. The standard InChI is InChI=1S/C11H12N4O2/c12-10(14-17)11-13-4-5-15(11)7-8-2-1-3-9(16)6-8/h1-6,16-17H,7H2,(H2,12,14). The molecule has 0 fully saturated rings. The molecule has 88 valence electrons. The van der Waals surface area contributed by atoms with E-state index in [4.69, 9.17) is 10.9 Å². The van der Waals surface area contributed by atoms with Crippen LogP contribution >= 0.6 is 0 Å². The average molecular weight is 232 g/mol. The normalized spacial score (nSPS) is 11.6. The summed E-state index contributed by atoms with van der Waals surface area (Å²) in [5, 5.41) is 20.9. The molecule has 17 heavy (non-hydrogen) atoms. The Bertz CT molecular complexity index is 548. The number of hydrogen-bond donors (Lipinski definition) is 3. The zero-order valence-electron chi connectivity index (χ0n) is 8.98. The molecule has 6 nitrogen and oxygen atoms in total. The van der Waals surface area contributed by atoms with Crippen molar-refractivity contribution in [2.45, 2.75) is 6.54 Å². The number of amidine groups is 1. The third-order valence-electron chi connectivity index (χ3n) is 2.32. The first-order valence-electron chi connectivity index (χ1n) is 4.97. The number of oxime groups is 1. The maximum atomic E-state index is 9.35. The van der Waals surface area contributed by atoms with E-state index in [0.717, 1.165) is 5.56 Å². The minimum Gasteiger partial charge on any atom is -0.508 e. The number of aromatic hydroxyl groups is 1. The molecule has 0 aliphatic rings. The van der Waals surface area contributed by atoms with Gasteiger partial charge in [0.05, 0.1) is 0 Å². The fraction of sp³-hybridized carbons (Fsp3) is 0.0909. The number of aromatic nitrogens is 2. The third-order valence-corrected chi connectivity index (χ3v) is 2.32. The molecule has 0 saturated heterocycles. The van der Waals surface area contributed by atoms with Crippen LogP contribution in [-0.4, -0.2) is 25.7 Å². The van der Waals surface area contributed by atoms with Gasteiger partial charge in [0.1, 0.15) is 5.75 Å². The Hall–Kier alpha value is -2.50. The zero-order valence-corrected chi connectivity index (χ0v) is 8.98. The van der Waals surface area contributed by atoms with E-state index in [0.29, 0.717) is 12.4 Å². The van der Waals surface area contributed by atoms with Crippen molar-refractivity contribution in [2.75, 3.05) is 0 Å². The molecule has 0 spiro atoms. The zero-order chi connectivity index (χ0) is 12.3. The minimum absolute atomic E-state index is 0.0462. The number of rotatable bonds is 3. The van der Waals surface area contributed by atoms with Crippen molar-refractivity contribution in [3.8, 4) is 5.75 Å². The van der Waals surface area contributed by atoms with Gasteiger partial charge in [0.2, 0.25) is 5.84 Å². The summed E-state index contributed by atoms with van der Waals surface area (Å²) in [6.07, 6.45) is 3.29. The highest BCUT2D eigenvalue weighted by atomic mass is 16.4. The highest BCUT2D eigenvalue weighted by Crippen LogP contribution is 2.12. The lowest BCUT2D eigenvalue weighted by Crippen LogP contribution is -2.19. The van der Waals surface area contributed by atoms with Crippen LogP contribution in [0.5, 0.6) is 5.75 Å². The molecule has 0 aliphatic carbocycles.